The van der Waals surface area contributed by atoms with E-state index in [1.54, 1.807) is 21.9 Å². The van der Waals surface area contributed by atoms with Crippen molar-refractivity contribution in [2.24, 2.45) is 5.92 Å². The van der Waals surface area contributed by atoms with Crippen LogP contribution in [-0.2, 0) is 42.2 Å². The minimum atomic E-state index is -3.79. The molecule has 2 aliphatic heterocycles. The van der Waals surface area contributed by atoms with Gasteiger partial charge in [-0.05, 0) is 77.0 Å². The van der Waals surface area contributed by atoms with Crippen molar-refractivity contribution in [1.82, 2.24) is 19.4 Å². The number of halogens is 2. The largest absolute Gasteiger partial charge is 0.444 e. The van der Waals surface area contributed by atoms with Crippen molar-refractivity contribution in [1.29, 1.82) is 0 Å². The lowest BCUT2D eigenvalue weighted by molar-refractivity contribution is -0.145. The van der Waals surface area contributed by atoms with E-state index < -0.39 is 45.5 Å². The van der Waals surface area contributed by atoms with Gasteiger partial charge in [-0.1, -0.05) is 52.3 Å². The predicted octanol–water partition coefficient (Wildman–Crippen LogP) is 5.47. The molecule has 2 aliphatic rings. The lowest BCUT2D eigenvalue weighted by Crippen LogP contribution is -2.54. The number of carbonyl (C=O) groups excluding carboxylic acids is 3. The van der Waals surface area contributed by atoms with E-state index >= 15 is 0 Å². The lowest BCUT2D eigenvalue weighted by atomic mass is 9.90. The molecule has 2 fully saturated rings. The number of hydrogen-bond acceptors (Lipinski definition) is 7. The third-order valence-electron chi connectivity index (χ3n) is 9.01. The molecular formula is C36H50BrFN4O7S. The number of ether oxygens (including phenoxy) is 2. The number of carbonyl (C=O) groups is 3. The van der Waals surface area contributed by atoms with Crippen LogP contribution in [0.3, 0.4) is 0 Å². The summed E-state index contributed by atoms with van der Waals surface area (Å²) in [6.07, 6.45) is 2.40. The SMILES string of the molecule is CCN(Cc1ccccc1)C(=O)[C@@H]1C[C@@H](OCc2ccc(Br)cc2F)CN1C(=O)[C@@H](CCC1CCN(C(=O)OC(C)(C)C)CC1)NS(C)(=O)=O. The van der Waals surface area contributed by atoms with Crippen molar-refractivity contribution in [2.45, 2.75) is 96.7 Å². The number of nitrogens with zero attached hydrogens (tertiary/aromatic N) is 3. The molecule has 2 saturated heterocycles. The monoisotopic (exact) mass is 780 g/mol. The Morgan fingerprint density at radius 2 is 1.78 bits per heavy atom. The predicted molar refractivity (Wildman–Crippen MR) is 192 cm³/mol. The van der Waals surface area contributed by atoms with E-state index in [1.807, 2.05) is 58.0 Å². The van der Waals surface area contributed by atoms with Gasteiger partial charge in [0.05, 0.1) is 19.0 Å². The Labute approximate surface area is 304 Å². The Morgan fingerprint density at radius 3 is 2.38 bits per heavy atom. The first-order valence-corrected chi connectivity index (χ1v) is 19.8. The maximum Gasteiger partial charge on any atom is 0.410 e. The molecule has 0 spiro atoms. The molecule has 2 aromatic rings. The van der Waals surface area contributed by atoms with Crippen LogP contribution in [0, 0.1) is 11.7 Å². The Kier molecular flexibility index (Phi) is 13.8. The minimum absolute atomic E-state index is 0.0481. The molecular weight excluding hydrogens is 731 g/mol. The number of hydrogen-bond donors (Lipinski definition) is 1. The molecule has 0 unspecified atom stereocenters. The van der Waals surface area contributed by atoms with Crippen LogP contribution in [0.5, 0.6) is 0 Å². The second kappa shape index (κ2) is 17.4. The van der Waals surface area contributed by atoms with E-state index in [1.165, 1.54) is 11.0 Å². The zero-order chi connectivity index (χ0) is 36.6. The Bertz CT molecular complexity index is 1580. The van der Waals surface area contributed by atoms with Crippen molar-refractivity contribution >= 4 is 43.9 Å². The fourth-order valence-corrected chi connectivity index (χ4v) is 7.50. The van der Waals surface area contributed by atoms with Gasteiger partial charge in [-0.2, -0.15) is 0 Å². The lowest BCUT2D eigenvalue weighted by Gasteiger charge is -2.34. The van der Waals surface area contributed by atoms with Gasteiger partial charge in [0, 0.05) is 49.2 Å². The molecule has 4 rings (SSSR count). The van der Waals surface area contributed by atoms with Crippen LogP contribution in [-0.4, -0.2) is 97.2 Å². The van der Waals surface area contributed by atoms with Gasteiger partial charge in [-0.15, -0.1) is 0 Å². The number of nitrogens with one attached hydrogen (secondary N) is 1. The highest BCUT2D eigenvalue weighted by Gasteiger charge is 2.44. The molecule has 0 radical (unpaired) electrons. The quantitative estimate of drug-likeness (QED) is 0.286. The second-order valence-electron chi connectivity index (χ2n) is 14.2. The van der Waals surface area contributed by atoms with E-state index in [4.69, 9.17) is 9.47 Å². The summed E-state index contributed by atoms with van der Waals surface area (Å²) in [6, 6.07) is 12.2. The van der Waals surface area contributed by atoms with Gasteiger partial charge < -0.3 is 24.2 Å². The minimum Gasteiger partial charge on any atom is -0.444 e. The molecule has 0 aromatic heterocycles. The van der Waals surface area contributed by atoms with Gasteiger partial charge in [0.25, 0.3) is 0 Å². The highest BCUT2D eigenvalue weighted by atomic mass is 79.9. The van der Waals surface area contributed by atoms with Crippen LogP contribution in [0.25, 0.3) is 0 Å². The van der Waals surface area contributed by atoms with E-state index in [0.29, 0.717) is 55.5 Å². The summed E-state index contributed by atoms with van der Waals surface area (Å²) in [4.78, 5) is 45.8. The summed E-state index contributed by atoms with van der Waals surface area (Å²) in [7, 11) is -3.79. The molecule has 0 saturated carbocycles. The van der Waals surface area contributed by atoms with Gasteiger partial charge in [-0.3, -0.25) is 9.59 Å². The average Bonchev–Trinajstić information content (AvgIpc) is 3.48. The zero-order valence-electron chi connectivity index (χ0n) is 29.6. The fraction of sp³-hybridized carbons (Fsp3) is 0.583. The van der Waals surface area contributed by atoms with E-state index in [-0.39, 0.29) is 43.9 Å². The first-order chi connectivity index (χ1) is 23.5. The first-order valence-electron chi connectivity index (χ1n) is 17.2. The van der Waals surface area contributed by atoms with Crippen LogP contribution in [0.1, 0.15) is 70.9 Å². The molecule has 1 N–H and O–H groups in total. The number of benzene rings is 2. The summed E-state index contributed by atoms with van der Waals surface area (Å²) in [5.74, 6) is -1.04. The van der Waals surface area contributed by atoms with Crippen LogP contribution >= 0.6 is 15.9 Å². The van der Waals surface area contributed by atoms with Gasteiger partial charge in [-0.25, -0.2) is 22.3 Å². The van der Waals surface area contributed by atoms with Gasteiger partial charge in [0.1, 0.15) is 23.5 Å². The average molecular weight is 782 g/mol. The van der Waals surface area contributed by atoms with E-state index in [0.717, 1.165) is 11.8 Å². The number of likely N-dealkylation sites (tertiary alicyclic amines) is 2. The second-order valence-corrected chi connectivity index (χ2v) is 16.9. The molecule has 3 atom stereocenters. The molecule has 11 nitrogen and oxygen atoms in total. The van der Waals surface area contributed by atoms with Gasteiger partial charge in [0.15, 0.2) is 0 Å². The molecule has 0 bridgehead atoms. The van der Waals surface area contributed by atoms with E-state index in [9.17, 15) is 27.2 Å². The third-order valence-corrected chi connectivity index (χ3v) is 10.2. The van der Waals surface area contributed by atoms with Crippen molar-refractivity contribution < 1.29 is 36.7 Å². The van der Waals surface area contributed by atoms with Crippen molar-refractivity contribution in [3.8, 4) is 0 Å². The number of sulfonamides is 1. The van der Waals surface area contributed by atoms with Crippen LogP contribution in [0.2, 0.25) is 0 Å². The summed E-state index contributed by atoms with van der Waals surface area (Å²) in [6.45, 7) is 9.08. The smallest absolute Gasteiger partial charge is 0.410 e. The normalized spacial score (nSPS) is 19.3. The van der Waals surface area contributed by atoms with Crippen molar-refractivity contribution in [3.05, 3.63) is 69.9 Å². The van der Waals surface area contributed by atoms with Gasteiger partial charge >= 0.3 is 6.09 Å². The van der Waals surface area contributed by atoms with Crippen LogP contribution in [0.4, 0.5) is 9.18 Å². The molecule has 0 aliphatic carbocycles. The fourth-order valence-electron chi connectivity index (χ4n) is 6.43. The Balaban J connectivity index is 1.50. The Hall–Kier alpha value is -3.07. The molecule has 2 heterocycles. The van der Waals surface area contributed by atoms with Crippen molar-refractivity contribution in [3.63, 3.8) is 0 Å². The highest BCUT2D eigenvalue weighted by Crippen LogP contribution is 2.29. The zero-order valence-corrected chi connectivity index (χ0v) is 32.0. The summed E-state index contributed by atoms with van der Waals surface area (Å²) < 4.78 is 54.4. The topological polar surface area (TPSA) is 126 Å². The standard InChI is InChI=1S/C36H50BrFN4O7S/c1-6-40(22-26-10-8-7-9-11-26)34(44)32-21-29(48-24-27-13-14-28(37)20-30(27)38)23-42(32)33(43)31(39-50(5,46)47)15-12-25-16-18-41(19-17-25)35(45)49-36(2,3)4/h7-11,13-14,20,25,29,31-32,39H,6,12,15-19,21-24H2,1-5H3/t29-,31-,32+/m1/s1. The Morgan fingerprint density at radius 1 is 1.10 bits per heavy atom. The van der Waals surface area contributed by atoms with Crippen LogP contribution < -0.4 is 4.72 Å². The van der Waals surface area contributed by atoms with Crippen molar-refractivity contribution in [2.75, 3.05) is 32.4 Å². The third kappa shape index (κ3) is 11.7. The number of piperidine rings is 1. The molecule has 3 amide bonds. The number of amides is 3. The summed E-state index contributed by atoms with van der Waals surface area (Å²) in [5.41, 5.74) is 0.684. The summed E-state index contributed by atoms with van der Waals surface area (Å²) >= 11 is 3.26. The number of likely N-dealkylation sites (N-methyl/N-ethyl adjacent to an activating group) is 1. The maximum absolute atomic E-state index is 14.6. The highest BCUT2D eigenvalue weighted by molar-refractivity contribution is 9.10. The molecule has 14 heteroatoms. The maximum atomic E-state index is 14.6. The molecule has 50 heavy (non-hydrogen) atoms. The molecule has 276 valence electrons. The summed E-state index contributed by atoms with van der Waals surface area (Å²) in [5, 5.41) is 0. The first kappa shape index (κ1) is 39.7. The van der Waals surface area contributed by atoms with Gasteiger partial charge in [0.2, 0.25) is 21.8 Å². The molecule has 2 aromatic carbocycles. The number of rotatable bonds is 13. The van der Waals surface area contributed by atoms with Crippen LogP contribution in [0.15, 0.2) is 53.0 Å². The van der Waals surface area contributed by atoms with E-state index in [2.05, 4.69) is 20.7 Å².